The fraction of sp³-hybridized carbons (Fsp3) is 0.571. The highest BCUT2D eigenvalue weighted by Gasteiger charge is 2.26. The summed E-state index contributed by atoms with van der Waals surface area (Å²) in [7, 11) is 0. The van der Waals surface area contributed by atoms with Gasteiger partial charge >= 0.3 is 0 Å². The minimum Gasteiger partial charge on any atom is -0.488 e. The van der Waals surface area contributed by atoms with Gasteiger partial charge in [-0.1, -0.05) is 19.1 Å². The van der Waals surface area contributed by atoms with Crippen molar-refractivity contribution in [2.75, 3.05) is 0 Å². The molecule has 1 fully saturated rings. The Morgan fingerprint density at radius 3 is 2.59 bits per heavy atom. The SMILES string of the molecule is CC[C@@H](N)c1ccc(OC2CCCC2O)cc1. The largest absolute Gasteiger partial charge is 0.488 e. The van der Waals surface area contributed by atoms with Gasteiger partial charge in [0.1, 0.15) is 11.9 Å². The molecular weight excluding hydrogens is 214 g/mol. The highest BCUT2D eigenvalue weighted by molar-refractivity contribution is 5.29. The van der Waals surface area contributed by atoms with Gasteiger partial charge in [0.05, 0.1) is 6.10 Å². The van der Waals surface area contributed by atoms with Gasteiger partial charge in [0, 0.05) is 6.04 Å². The number of aliphatic hydroxyl groups is 1. The average molecular weight is 235 g/mol. The van der Waals surface area contributed by atoms with E-state index in [4.69, 9.17) is 10.5 Å². The van der Waals surface area contributed by atoms with E-state index in [9.17, 15) is 5.11 Å². The molecule has 0 bridgehead atoms. The maximum Gasteiger partial charge on any atom is 0.124 e. The summed E-state index contributed by atoms with van der Waals surface area (Å²) in [5, 5.41) is 9.69. The predicted molar refractivity (Wildman–Crippen MR) is 67.9 cm³/mol. The van der Waals surface area contributed by atoms with Gasteiger partial charge in [-0.25, -0.2) is 0 Å². The molecule has 3 atom stereocenters. The van der Waals surface area contributed by atoms with Crippen molar-refractivity contribution in [3.8, 4) is 5.75 Å². The maximum absolute atomic E-state index is 9.69. The van der Waals surface area contributed by atoms with E-state index in [1.54, 1.807) is 0 Å². The van der Waals surface area contributed by atoms with Gasteiger partial charge in [0.15, 0.2) is 0 Å². The van der Waals surface area contributed by atoms with Crippen molar-refractivity contribution in [2.45, 2.75) is 50.9 Å². The van der Waals surface area contributed by atoms with E-state index in [1.165, 1.54) is 0 Å². The molecule has 1 aliphatic rings. The zero-order valence-corrected chi connectivity index (χ0v) is 10.3. The average Bonchev–Trinajstić information content (AvgIpc) is 2.75. The Morgan fingerprint density at radius 2 is 2.06 bits per heavy atom. The van der Waals surface area contributed by atoms with Crippen LogP contribution in [0.15, 0.2) is 24.3 Å². The second-order valence-corrected chi connectivity index (χ2v) is 4.74. The van der Waals surface area contributed by atoms with E-state index in [-0.39, 0.29) is 18.2 Å². The number of aliphatic hydroxyl groups excluding tert-OH is 1. The van der Waals surface area contributed by atoms with Crippen molar-refractivity contribution in [3.05, 3.63) is 29.8 Å². The number of rotatable bonds is 4. The molecule has 3 heteroatoms. The molecule has 0 heterocycles. The Morgan fingerprint density at radius 1 is 1.35 bits per heavy atom. The van der Waals surface area contributed by atoms with Gasteiger partial charge < -0.3 is 15.6 Å². The van der Waals surface area contributed by atoms with Gasteiger partial charge in [-0.3, -0.25) is 0 Å². The van der Waals surface area contributed by atoms with E-state index in [2.05, 4.69) is 6.92 Å². The lowest BCUT2D eigenvalue weighted by Gasteiger charge is -2.17. The van der Waals surface area contributed by atoms with Crippen molar-refractivity contribution >= 4 is 0 Å². The van der Waals surface area contributed by atoms with Crippen LogP contribution in [-0.4, -0.2) is 17.3 Å². The number of benzene rings is 1. The molecule has 0 aromatic heterocycles. The summed E-state index contributed by atoms with van der Waals surface area (Å²) in [5.41, 5.74) is 7.08. The van der Waals surface area contributed by atoms with Crippen molar-refractivity contribution in [1.29, 1.82) is 0 Å². The summed E-state index contributed by atoms with van der Waals surface area (Å²) in [6.07, 6.45) is 3.42. The Hall–Kier alpha value is -1.06. The van der Waals surface area contributed by atoms with Crippen LogP contribution in [0.1, 0.15) is 44.2 Å². The van der Waals surface area contributed by atoms with Crippen LogP contribution in [0, 0.1) is 0 Å². The van der Waals surface area contributed by atoms with Crippen molar-refractivity contribution in [2.24, 2.45) is 5.73 Å². The van der Waals surface area contributed by atoms with Crippen molar-refractivity contribution in [3.63, 3.8) is 0 Å². The number of hydrogen-bond donors (Lipinski definition) is 2. The molecule has 3 nitrogen and oxygen atoms in total. The maximum atomic E-state index is 9.69. The normalized spacial score (nSPS) is 25.8. The topological polar surface area (TPSA) is 55.5 Å². The lowest BCUT2D eigenvalue weighted by atomic mass is 10.1. The van der Waals surface area contributed by atoms with Crippen LogP contribution in [0.3, 0.4) is 0 Å². The summed E-state index contributed by atoms with van der Waals surface area (Å²) in [6, 6.07) is 7.99. The summed E-state index contributed by atoms with van der Waals surface area (Å²) in [6.45, 7) is 2.07. The molecule has 1 saturated carbocycles. The van der Waals surface area contributed by atoms with Gasteiger partial charge in [0.25, 0.3) is 0 Å². The third-order valence-electron chi connectivity index (χ3n) is 3.45. The first kappa shape index (κ1) is 12.4. The molecule has 1 aromatic carbocycles. The van der Waals surface area contributed by atoms with Gasteiger partial charge in [-0.05, 0) is 43.4 Å². The first-order valence-corrected chi connectivity index (χ1v) is 6.41. The molecule has 2 unspecified atom stereocenters. The zero-order valence-electron chi connectivity index (χ0n) is 10.3. The molecule has 1 aromatic rings. The molecule has 0 radical (unpaired) electrons. The minimum absolute atomic E-state index is 0.0410. The molecule has 3 N–H and O–H groups in total. The third-order valence-corrected chi connectivity index (χ3v) is 3.45. The lowest BCUT2D eigenvalue weighted by molar-refractivity contribution is 0.0604. The van der Waals surface area contributed by atoms with E-state index < -0.39 is 0 Å². The Bertz CT molecular complexity index is 350. The molecule has 0 saturated heterocycles. The summed E-state index contributed by atoms with van der Waals surface area (Å²) in [4.78, 5) is 0. The van der Waals surface area contributed by atoms with Gasteiger partial charge in [-0.2, -0.15) is 0 Å². The zero-order chi connectivity index (χ0) is 12.3. The first-order chi connectivity index (χ1) is 8.20. The van der Waals surface area contributed by atoms with Crippen LogP contribution in [0.4, 0.5) is 0 Å². The number of ether oxygens (including phenoxy) is 1. The predicted octanol–water partition coefficient (Wildman–Crippen LogP) is 2.39. The molecule has 0 amide bonds. The van der Waals surface area contributed by atoms with Crippen LogP contribution >= 0.6 is 0 Å². The minimum atomic E-state index is -0.312. The fourth-order valence-corrected chi connectivity index (χ4v) is 2.25. The van der Waals surface area contributed by atoms with Crippen LogP contribution in [0.5, 0.6) is 5.75 Å². The lowest BCUT2D eigenvalue weighted by Crippen LogP contribution is -2.25. The van der Waals surface area contributed by atoms with Gasteiger partial charge in [0.2, 0.25) is 0 Å². The number of hydrogen-bond acceptors (Lipinski definition) is 3. The van der Waals surface area contributed by atoms with E-state index >= 15 is 0 Å². The van der Waals surface area contributed by atoms with Crippen LogP contribution in [0.2, 0.25) is 0 Å². The van der Waals surface area contributed by atoms with Crippen LogP contribution < -0.4 is 10.5 Å². The molecule has 0 aliphatic heterocycles. The quantitative estimate of drug-likeness (QED) is 0.842. The molecule has 2 rings (SSSR count). The Balaban J connectivity index is 1.98. The van der Waals surface area contributed by atoms with E-state index in [0.29, 0.717) is 0 Å². The molecule has 1 aliphatic carbocycles. The second-order valence-electron chi connectivity index (χ2n) is 4.74. The standard InChI is InChI=1S/C14H21NO2/c1-2-12(15)10-6-8-11(9-7-10)17-14-5-3-4-13(14)16/h6-9,12-14,16H,2-5,15H2,1H3/t12-,13?,14?/m1/s1. The Kier molecular flexibility index (Phi) is 4.02. The van der Waals surface area contributed by atoms with E-state index in [1.807, 2.05) is 24.3 Å². The van der Waals surface area contributed by atoms with Crippen LogP contribution in [-0.2, 0) is 0 Å². The van der Waals surface area contributed by atoms with Crippen molar-refractivity contribution in [1.82, 2.24) is 0 Å². The Labute approximate surface area is 103 Å². The third kappa shape index (κ3) is 2.99. The monoisotopic (exact) mass is 235 g/mol. The van der Waals surface area contributed by atoms with Gasteiger partial charge in [-0.15, -0.1) is 0 Å². The molecule has 17 heavy (non-hydrogen) atoms. The summed E-state index contributed by atoms with van der Waals surface area (Å²) >= 11 is 0. The molecule has 94 valence electrons. The smallest absolute Gasteiger partial charge is 0.124 e. The highest BCUT2D eigenvalue weighted by Crippen LogP contribution is 2.25. The second kappa shape index (κ2) is 5.52. The van der Waals surface area contributed by atoms with Crippen molar-refractivity contribution < 1.29 is 9.84 Å². The fourth-order valence-electron chi connectivity index (χ4n) is 2.25. The highest BCUT2D eigenvalue weighted by atomic mass is 16.5. The molecular formula is C14H21NO2. The molecule has 0 spiro atoms. The van der Waals surface area contributed by atoms with E-state index in [0.717, 1.165) is 37.0 Å². The summed E-state index contributed by atoms with van der Waals surface area (Å²) in [5.74, 6) is 0.822. The summed E-state index contributed by atoms with van der Waals surface area (Å²) < 4.78 is 5.77. The number of nitrogens with two attached hydrogens (primary N) is 1. The first-order valence-electron chi connectivity index (χ1n) is 6.41. The van der Waals surface area contributed by atoms with Crippen LogP contribution in [0.25, 0.3) is 0 Å².